The molecule has 1 aliphatic heterocycles. The summed E-state index contributed by atoms with van der Waals surface area (Å²) >= 11 is 0. The fourth-order valence-electron chi connectivity index (χ4n) is 2.99. The van der Waals surface area contributed by atoms with Crippen LogP contribution in [0.25, 0.3) is 5.65 Å². The van der Waals surface area contributed by atoms with E-state index in [-0.39, 0.29) is 0 Å². The van der Waals surface area contributed by atoms with Gasteiger partial charge < -0.3 is 0 Å². The van der Waals surface area contributed by atoms with E-state index in [2.05, 4.69) is 31.4 Å². The lowest BCUT2D eigenvalue weighted by Crippen LogP contribution is -2.23. The summed E-state index contributed by atoms with van der Waals surface area (Å²) in [5, 5.41) is 26.1. The maximum atomic E-state index is 8.90. The summed E-state index contributed by atoms with van der Waals surface area (Å²) in [7, 11) is 0. The van der Waals surface area contributed by atoms with E-state index >= 15 is 0 Å². The van der Waals surface area contributed by atoms with Gasteiger partial charge in [-0.05, 0) is 25.5 Å². The highest BCUT2D eigenvalue weighted by atomic mass is 15.4. The monoisotopic (exact) mass is 308 g/mol. The minimum Gasteiger partial charge on any atom is -0.294 e. The smallest absolute Gasteiger partial charge is 0.177 e. The van der Waals surface area contributed by atoms with Gasteiger partial charge in [-0.1, -0.05) is 0 Å². The van der Waals surface area contributed by atoms with Gasteiger partial charge in [0.15, 0.2) is 11.5 Å². The highest BCUT2D eigenvalue weighted by Gasteiger charge is 2.25. The van der Waals surface area contributed by atoms with Gasteiger partial charge in [0, 0.05) is 19.3 Å². The summed E-state index contributed by atoms with van der Waals surface area (Å²) in [6, 6.07) is 6.28. The molecule has 1 atom stereocenters. The molecule has 0 bridgehead atoms. The van der Waals surface area contributed by atoms with Crippen molar-refractivity contribution in [3.05, 3.63) is 41.6 Å². The molecule has 4 heterocycles. The number of rotatable bonds is 3. The zero-order valence-corrected chi connectivity index (χ0v) is 12.8. The molecule has 23 heavy (non-hydrogen) atoms. The van der Waals surface area contributed by atoms with Gasteiger partial charge in [0.1, 0.15) is 6.07 Å². The SMILES string of the molecule is Cc1ccc2nnc(CN3CCC(n4cc(C#N)cn4)C3)n2n1. The molecule has 0 amide bonds. The van der Waals surface area contributed by atoms with Crippen molar-refractivity contribution in [2.75, 3.05) is 13.1 Å². The molecule has 0 aliphatic carbocycles. The Bertz CT molecular complexity index is 886. The number of hydrogen-bond donors (Lipinski definition) is 0. The summed E-state index contributed by atoms with van der Waals surface area (Å²) in [5.74, 6) is 0.850. The van der Waals surface area contributed by atoms with Crippen LogP contribution in [-0.2, 0) is 6.54 Å². The van der Waals surface area contributed by atoms with Crippen LogP contribution in [0.2, 0.25) is 0 Å². The molecule has 1 saturated heterocycles. The van der Waals surface area contributed by atoms with Crippen molar-refractivity contribution < 1.29 is 0 Å². The standard InChI is InChI=1S/C15H16N8/c1-11-2-3-14-18-19-15(23(14)20-11)10-21-5-4-13(9-21)22-8-12(6-16)7-17-22/h2-3,7-8,13H,4-5,9-10H2,1H3. The van der Waals surface area contributed by atoms with Gasteiger partial charge in [-0.15, -0.1) is 10.2 Å². The number of aryl methyl sites for hydroxylation is 1. The van der Waals surface area contributed by atoms with Crippen LogP contribution in [0, 0.1) is 18.3 Å². The first kappa shape index (κ1) is 13.8. The Morgan fingerprint density at radius 2 is 2.26 bits per heavy atom. The fraction of sp³-hybridized carbons (Fsp3) is 0.400. The molecule has 0 spiro atoms. The van der Waals surface area contributed by atoms with Crippen LogP contribution < -0.4 is 0 Å². The summed E-state index contributed by atoms with van der Waals surface area (Å²) in [4.78, 5) is 2.32. The van der Waals surface area contributed by atoms with Gasteiger partial charge in [-0.3, -0.25) is 9.58 Å². The van der Waals surface area contributed by atoms with Crippen LogP contribution in [0.3, 0.4) is 0 Å². The Labute approximate surface area is 133 Å². The third kappa shape index (κ3) is 2.55. The maximum Gasteiger partial charge on any atom is 0.177 e. The minimum atomic E-state index is 0.297. The molecule has 1 aliphatic rings. The Morgan fingerprint density at radius 3 is 3.09 bits per heavy atom. The summed E-state index contributed by atoms with van der Waals surface area (Å²) < 4.78 is 3.70. The molecule has 116 valence electrons. The Balaban J connectivity index is 1.49. The predicted molar refractivity (Wildman–Crippen MR) is 81.4 cm³/mol. The van der Waals surface area contributed by atoms with Gasteiger partial charge in [-0.25, -0.2) is 0 Å². The van der Waals surface area contributed by atoms with Gasteiger partial charge in [-0.2, -0.15) is 20.0 Å². The van der Waals surface area contributed by atoms with E-state index < -0.39 is 0 Å². The molecule has 1 fully saturated rings. The van der Waals surface area contributed by atoms with Crippen LogP contribution >= 0.6 is 0 Å². The number of hydrogen-bond acceptors (Lipinski definition) is 6. The first-order chi connectivity index (χ1) is 11.2. The first-order valence-electron chi connectivity index (χ1n) is 7.57. The zero-order chi connectivity index (χ0) is 15.8. The number of fused-ring (bicyclic) bond motifs is 1. The Morgan fingerprint density at radius 1 is 1.35 bits per heavy atom. The molecule has 1 unspecified atom stereocenters. The second-order valence-corrected chi connectivity index (χ2v) is 5.86. The topological polar surface area (TPSA) is 87.9 Å². The Kier molecular flexibility index (Phi) is 3.28. The third-order valence-electron chi connectivity index (χ3n) is 4.18. The molecule has 0 radical (unpaired) electrons. The number of likely N-dealkylation sites (tertiary alicyclic amines) is 1. The second-order valence-electron chi connectivity index (χ2n) is 5.86. The fourth-order valence-corrected chi connectivity index (χ4v) is 2.99. The van der Waals surface area contributed by atoms with Gasteiger partial charge in [0.05, 0.1) is 30.0 Å². The number of nitriles is 1. The van der Waals surface area contributed by atoms with Crippen molar-refractivity contribution in [3.8, 4) is 6.07 Å². The molecule has 8 nitrogen and oxygen atoms in total. The third-order valence-corrected chi connectivity index (χ3v) is 4.18. The van der Waals surface area contributed by atoms with Crippen molar-refractivity contribution in [3.63, 3.8) is 0 Å². The van der Waals surface area contributed by atoms with Crippen molar-refractivity contribution in [1.29, 1.82) is 5.26 Å². The van der Waals surface area contributed by atoms with Crippen molar-refractivity contribution in [1.82, 2.24) is 34.5 Å². The van der Waals surface area contributed by atoms with E-state index in [1.807, 2.05) is 34.5 Å². The van der Waals surface area contributed by atoms with Gasteiger partial charge in [0.25, 0.3) is 0 Å². The summed E-state index contributed by atoms with van der Waals surface area (Å²) in [6.45, 7) is 4.51. The molecule has 8 heteroatoms. The molecular formula is C15H16N8. The van der Waals surface area contributed by atoms with Crippen LogP contribution in [0.15, 0.2) is 24.5 Å². The largest absolute Gasteiger partial charge is 0.294 e. The Hall–Kier alpha value is -2.79. The lowest BCUT2D eigenvalue weighted by Gasteiger charge is -2.14. The number of aromatic nitrogens is 6. The average molecular weight is 308 g/mol. The highest BCUT2D eigenvalue weighted by Crippen LogP contribution is 2.22. The van der Waals surface area contributed by atoms with Crippen LogP contribution in [0.1, 0.15) is 29.5 Å². The summed E-state index contributed by atoms with van der Waals surface area (Å²) in [6.07, 6.45) is 4.43. The van der Waals surface area contributed by atoms with E-state index in [0.29, 0.717) is 18.2 Å². The zero-order valence-electron chi connectivity index (χ0n) is 12.8. The molecule has 0 aromatic carbocycles. The van der Waals surface area contributed by atoms with E-state index in [0.717, 1.165) is 36.7 Å². The molecular weight excluding hydrogens is 292 g/mol. The van der Waals surface area contributed by atoms with Crippen molar-refractivity contribution in [2.45, 2.75) is 25.9 Å². The minimum absolute atomic E-state index is 0.297. The lowest BCUT2D eigenvalue weighted by molar-refractivity contribution is 0.301. The van der Waals surface area contributed by atoms with Crippen LogP contribution in [0.5, 0.6) is 0 Å². The normalized spacial score (nSPS) is 18.5. The van der Waals surface area contributed by atoms with Crippen molar-refractivity contribution >= 4 is 5.65 Å². The maximum absolute atomic E-state index is 8.90. The molecule has 3 aromatic heterocycles. The molecule has 0 saturated carbocycles. The lowest BCUT2D eigenvalue weighted by atomic mass is 10.3. The van der Waals surface area contributed by atoms with Gasteiger partial charge >= 0.3 is 0 Å². The van der Waals surface area contributed by atoms with E-state index in [4.69, 9.17) is 5.26 Å². The molecule has 4 rings (SSSR count). The van der Waals surface area contributed by atoms with Gasteiger partial charge in [0.2, 0.25) is 0 Å². The van der Waals surface area contributed by atoms with E-state index in [1.54, 1.807) is 6.20 Å². The molecule has 3 aromatic rings. The van der Waals surface area contributed by atoms with E-state index in [9.17, 15) is 0 Å². The molecule has 0 N–H and O–H groups in total. The second kappa shape index (κ2) is 5.44. The first-order valence-corrected chi connectivity index (χ1v) is 7.57. The quantitative estimate of drug-likeness (QED) is 0.716. The predicted octanol–water partition coefficient (Wildman–Crippen LogP) is 0.948. The highest BCUT2D eigenvalue weighted by molar-refractivity contribution is 5.36. The number of nitrogens with zero attached hydrogens (tertiary/aromatic N) is 8. The summed E-state index contributed by atoms with van der Waals surface area (Å²) in [5.41, 5.74) is 2.32. The van der Waals surface area contributed by atoms with E-state index in [1.165, 1.54) is 0 Å². The van der Waals surface area contributed by atoms with Crippen LogP contribution in [0.4, 0.5) is 0 Å². The van der Waals surface area contributed by atoms with Crippen molar-refractivity contribution in [2.24, 2.45) is 0 Å². The average Bonchev–Trinajstić information content (AvgIpc) is 3.27. The van der Waals surface area contributed by atoms with Crippen LogP contribution in [-0.4, -0.2) is 47.6 Å².